The van der Waals surface area contributed by atoms with Crippen LogP contribution < -0.4 is 0 Å². The van der Waals surface area contributed by atoms with Gasteiger partial charge in [0.05, 0.1) is 0 Å². The van der Waals surface area contributed by atoms with Gasteiger partial charge in [-0.05, 0) is 41.9 Å². The van der Waals surface area contributed by atoms with Crippen molar-refractivity contribution in [2.45, 2.75) is 53.4 Å². The Kier molecular flexibility index (Phi) is 6.04. The molecule has 0 saturated heterocycles. The van der Waals surface area contributed by atoms with Crippen molar-refractivity contribution in [1.29, 1.82) is 0 Å². The fraction of sp³-hybridized carbons (Fsp3) is 0.529. The Morgan fingerprint density at radius 2 is 1.76 bits per heavy atom. The summed E-state index contributed by atoms with van der Waals surface area (Å²) in [7, 11) is 0. The van der Waals surface area contributed by atoms with Gasteiger partial charge in [-0.25, -0.2) is 0 Å². The topological polar surface area (TPSA) is 0 Å². The van der Waals surface area contributed by atoms with Crippen molar-refractivity contribution in [2.75, 3.05) is 0 Å². The van der Waals surface area contributed by atoms with Crippen molar-refractivity contribution < 1.29 is 0 Å². The SMILES string of the molecule is CCC=C(c1ccc(CCCC)cc1)C(C)C. The van der Waals surface area contributed by atoms with E-state index in [4.69, 9.17) is 0 Å². The van der Waals surface area contributed by atoms with E-state index < -0.39 is 0 Å². The van der Waals surface area contributed by atoms with Gasteiger partial charge in [0.2, 0.25) is 0 Å². The molecule has 1 rings (SSSR count). The van der Waals surface area contributed by atoms with Gasteiger partial charge in [0.25, 0.3) is 0 Å². The molecule has 0 bridgehead atoms. The lowest BCUT2D eigenvalue weighted by Crippen LogP contribution is -1.94. The van der Waals surface area contributed by atoms with Crippen LogP contribution in [0.2, 0.25) is 0 Å². The van der Waals surface area contributed by atoms with Crippen LogP contribution in [0.25, 0.3) is 5.57 Å². The fourth-order valence-electron chi connectivity index (χ4n) is 2.15. The predicted molar refractivity (Wildman–Crippen MR) is 78.2 cm³/mol. The molecule has 0 heteroatoms. The minimum Gasteiger partial charge on any atom is -0.0807 e. The second kappa shape index (κ2) is 7.32. The molecule has 0 fully saturated rings. The van der Waals surface area contributed by atoms with Crippen LogP contribution in [-0.2, 0) is 6.42 Å². The molecule has 0 nitrogen and oxygen atoms in total. The highest BCUT2D eigenvalue weighted by atomic mass is 14.1. The fourth-order valence-corrected chi connectivity index (χ4v) is 2.15. The number of aryl methyl sites for hydroxylation is 1. The van der Waals surface area contributed by atoms with Crippen LogP contribution in [0.15, 0.2) is 30.3 Å². The second-order valence-corrected chi connectivity index (χ2v) is 5.02. The molecule has 94 valence electrons. The molecule has 0 aliphatic carbocycles. The summed E-state index contributed by atoms with van der Waals surface area (Å²) in [6.45, 7) is 8.99. The van der Waals surface area contributed by atoms with Gasteiger partial charge in [-0.1, -0.05) is 64.5 Å². The van der Waals surface area contributed by atoms with Gasteiger partial charge in [0.15, 0.2) is 0 Å². The number of hydrogen-bond acceptors (Lipinski definition) is 0. The van der Waals surface area contributed by atoms with Crippen molar-refractivity contribution in [3.05, 3.63) is 41.5 Å². The molecular weight excluding hydrogens is 204 g/mol. The zero-order valence-corrected chi connectivity index (χ0v) is 11.8. The third kappa shape index (κ3) is 4.38. The zero-order valence-electron chi connectivity index (χ0n) is 11.8. The summed E-state index contributed by atoms with van der Waals surface area (Å²) < 4.78 is 0. The van der Waals surface area contributed by atoms with E-state index in [1.807, 2.05) is 0 Å². The van der Waals surface area contributed by atoms with Crippen LogP contribution in [0.4, 0.5) is 0 Å². The Balaban J connectivity index is 2.81. The second-order valence-electron chi connectivity index (χ2n) is 5.02. The highest BCUT2D eigenvalue weighted by Crippen LogP contribution is 2.24. The van der Waals surface area contributed by atoms with E-state index in [-0.39, 0.29) is 0 Å². The monoisotopic (exact) mass is 230 g/mol. The first kappa shape index (κ1) is 14.0. The molecule has 0 aromatic heterocycles. The van der Waals surface area contributed by atoms with E-state index in [1.165, 1.54) is 36.0 Å². The van der Waals surface area contributed by atoms with Crippen LogP contribution >= 0.6 is 0 Å². The minimum absolute atomic E-state index is 0.608. The summed E-state index contributed by atoms with van der Waals surface area (Å²) in [4.78, 5) is 0. The van der Waals surface area contributed by atoms with Crippen molar-refractivity contribution in [1.82, 2.24) is 0 Å². The van der Waals surface area contributed by atoms with Gasteiger partial charge in [0, 0.05) is 0 Å². The number of allylic oxidation sites excluding steroid dienone is 2. The van der Waals surface area contributed by atoms with Gasteiger partial charge in [0.1, 0.15) is 0 Å². The van der Waals surface area contributed by atoms with Crippen LogP contribution in [-0.4, -0.2) is 0 Å². The molecular formula is C17H26. The highest BCUT2D eigenvalue weighted by molar-refractivity contribution is 5.67. The van der Waals surface area contributed by atoms with E-state index in [1.54, 1.807) is 0 Å². The lowest BCUT2D eigenvalue weighted by molar-refractivity contribution is 0.794. The lowest BCUT2D eigenvalue weighted by atomic mass is 9.93. The molecule has 0 atom stereocenters. The summed E-state index contributed by atoms with van der Waals surface area (Å²) in [6.07, 6.45) is 7.25. The molecule has 0 spiro atoms. The average molecular weight is 230 g/mol. The Hall–Kier alpha value is -1.04. The van der Waals surface area contributed by atoms with E-state index in [2.05, 4.69) is 58.0 Å². The van der Waals surface area contributed by atoms with Crippen LogP contribution in [0.1, 0.15) is 58.1 Å². The predicted octanol–water partition coefficient (Wildman–Crippen LogP) is 5.48. The molecule has 0 heterocycles. The summed E-state index contributed by atoms with van der Waals surface area (Å²) in [5.74, 6) is 0.608. The van der Waals surface area contributed by atoms with E-state index >= 15 is 0 Å². The van der Waals surface area contributed by atoms with E-state index in [0.29, 0.717) is 5.92 Å². The molecule has 0 saturated carbocycles. The van der Waals surface area contributed by atoms with Crippen molar-refractivity contribution in [3.8, 4) is 0 Å². The van der Waals surface area contributed by atoms with Crippen LogP contribution in [0, 0.1) is 5.92 Å². The smallest absolute Gasteiger partial charge is 0.0216 e. The van der Waals surface area contributed by atoms with E-state index in [9.17, 15) is 0 Å². The standard InChI is InChI=1S/C17H26/c1-5-7-9-15-10-12-16(13-11-15)17(8-6-2)14(3)4/h8,10-14H,5-7,9H2,1-4H3. The largest absolute Gasteiger partial charge is 0.0807 e. The normalized spacial score (nSPS) is 12.2. The van der Waals surface area contributed by atoms with Crippen molar-refractivity contribution in [3.63, 3.8) is 0 Å². The maximum Gasteiger partial charge on any atom is -0.0216 e. The Bertz CT molecular complexity index is 341. The summed E-state index contributed by atoms with van der Waals surface area (Å²) in [5.41, 5.74) is 4.34. The van der Waals surface area contributed by atoms with E-state index in [0.717, 1.165) is 6.42 Å². The number of rotatable bonds is 6. The van der Waals surface area contributed by atoms with Gasteiger partial charge in [-0.15, -0.1) is 0 Å². The Morgan fingerprint density at radius 1 is 1.12 bits per heavy atom. The molecule has 0 radical (unpaired) electrons. The third-order valence-corrected chi connectivity index (χ3v) is 3.15. The average Bonchev–Trinajstić information content (AvgIpc) is 2.34. The highest BCUT2D eigenvalue weighted by Gasteiger charge is 2.05. The Morgan fingerprint density at radius 3 is 2.24 bits per heavy atom. The van der Waals surface area contributed by atoms with Gasteiger partial charge >= 0.3 is 0 Å². The molecule has 0 unspecified atom stereocenters. The molecule has 0 aliphatic rings. The van der Waals surface area contributed by atoms with Gasteiger partial charge < -0.3 is 0 Å². The van der Waals surface area contributed by atoms with Crippen molar-refractivity contribution in [2.24, 2.45) is 5.92 Å². The van der Waals surface area contributed by atoms with Crippen LogP contribution in [0.5, 0.6) is 0 Å². The number of benzene rings is 1. The zero-order chi connectivity index (χ0) is 12.7. The molecule has 1 aromatic rings. The summed E-state index contributed by atoms with van der Waals surface area (Å²) in [5, 5.41) is 0. The molecule has 0 amide bonds. The molecule has 0 aliphatic heterocycles. The first-order valence-electron chi connectivity index (χ1n) is 6.98. The first-order chi connectivity index (χ1) is 8.19. The van der Waals surface area contributed by atoms with Gasteiger partial charge in [-0.3, -0.25) is 0 Å². The first-order valence-corrected chi connectivity index (χ1v) is 6.98. The third-order valence-electron chi connectivity index (χ3n) is 3.15. The summed E-state index contributed by atoms with van der Waals surface area (Å²) in [6, 6.07) is 9.15. The maximum absolute atomic E-state index is 2.35. The quantitative estimate of drug-likeness (QED) is 0.607. The van der Waals surface area contributed by atoms with Crippen molar-refractivity contribution >= 4 is 5.57 Å². The minimum atomic E-state index is 0.608. The number of hydrogen-bond donors (Lipinski definition) is 0. The molecule has 1 aromatic carbocycles. The lowest BCUT2D eigenvalue weighted by Gasteiger charge is -2.12. The Labute approximate surface area is 107 Å². The maximum atomic E-state index is 2.35. The van der Waals surface area contributed by atoms with Crippen LogP contribution in [0.3, 0.4) is 0 Å². The molecule has 17 heavy (non-hydrogen) atoms. The molecule has 0 N–H and O–H groups in total. The number of unbranched alkanes of at least 4 members (excludes halogenated alkanes) is 1. The van der Waals surface area contributed by atoms with Gasteiger partial charge in [-0.2, -0.15) is 0 Å². The summed E-state index contributed by atoms with van der Waals surface area (Å²) >= 11 is 0.